The molecule has 1 aliphatic heterocycles. The topological polar surface area (TPSA) is 66.8 Å². The molecule has 1 heterocycles. The average Bonchev–Trinajstić information content (AvgIpc) is 2.79. The number of fused-ring (bicyclic) bond motifs is 1. The lowest BCUT2D eigenvalue weighted by Gasteiger charge is -2.30. The van der Waals surface area contributed by atoms with Crippen LogP contribution in [0.2, 0.25) is 5.02 Å². The lowest BCUT2D eigenvalue weighted by atomic mass is 9.90. The minimum Gasteiger partial charge on any atom is -0.481 e. The van der Waals surface area contributed by atoms with Crippen molar-refractivity contribution in [2.45, 2.75) is 26.0 Å². The van der Waals surface area contributed by atoms with Crippen LogP contribution in [0, 0.1) is 5.82 Å². The number of nitrogens with zero attached hydrogens (tertiary/aromatic N) is 1. The van der Waals surface area contributed by atoms with Gasteiger partial charge in [-0.3, -0.25) is 4.79 Å². The summed E-state index contributed by atoms with van der Waals surface area (Å²) in [5.41, 5.74) is 3.95. The number of benzene rings is 3. The fraction of sp³-hybridized carbons (Fsp3) is 0.200. The predicted octanol–water partition coefficient (Wildman–Crippen LogP) is 5.47. The van der Waals surface area contributed by atoms with Gasteiger partial charge in [0.2, 0.25) is 0 Å². The molecule has 0 atom stereocenters. The fourth-order valence-corrected chi connectivity index (χ4v) is 4.13. The van der Waals surface area contributed by atoms with Crippen molar-refractivity contribution in [3.05, 3.63) is 93.8 Å². The third kappa shape index (κ3) is 4.75. The molecule has 5 nitrogen and oxygen atoms in total. The first-order valence-corrected chi connectivity index (χ1v) is 10.6. The Hall–Kier alpha value is -3.38. The predicted molar refractivity (Wildman–Crippen MR) is 119 cm³/mol. The smallest absolute Gasteiger partial charge is 0.410 e. The van der Waals surface area contributed by atoms with Gasteiger partial charge in [0, 0.05) is 23.7 Å². The zero-order chi connectivity index (χ0) is 22.7. The van der Waals surface area contributed by atoms with Crippen molar-refractivity contribution in [3.8, 4) is 11.1 Å². The molecule has 0 saturated heterocycles. The van der Waals surface area contributed by atoms with Crippen LogP contribution in [-0.2, 0) is 35.5 Å². The Bertz CT molecular complexity index is 1170. The van der Waals surface area contributed by atoms with Gasteiger partial charge in [0.25, 0.3) is 0 Å². The lowest BCUT2D eigenvalue weighted by molar-refractivity contribution is -0.136. The van der Waals surface area contributed by atoms with Crippen molar-refractivity contribution < 1.29 is 23.8 Å². The van der Waals surface area contributed by atoms with Gasteiger partial charge in [-0.2, -0.15) is 0 Å². The fourth-order valence-electron chi connectivity index (χ4n) is 3.91. The van der Waals surface area contributed by atoms with E-state index in [0.717, 1.165) is 5.56 Å². The maximum Gasteiger partial charge on any atom is 0.410 e. The van der Waals surface area contributed by atoms with E-state index in [1.807, 2.05) is 30.3 Å². The zero-order valence-electron chi connectivity index (χ0n) is 17.2. The molecular weight excluding hydrogens is 433 g/mol. The van der Waals surface area contributed by atoms with E-state index in [9.17, 15) is 14.0 Å². The summed E-state index contributed by atoms with van der Waals surface area (Å²) in [6, 6.07) is 17.4. The summed E-state index contributed by atoms with van der Waals surface area (Å²) in [6.45, 7) is 0.672. The molecule has 0 aromatic heterocycles. The van der Waals surface area contributed by atoms with Crippen molar-refractivity contribution in [2.24, 2.45) is 0 Å². The molecule has 1 amide bonds. The number of hydrogen-bond acceptors (Lipinski definition) is 3. The van der Waals surface area contributed by atoms with Gasteiger partial charge in [0.05, 0.1) is 6.42 Å². The van der Waals surface area contributed by atoms with E-state index in [0.29, 0.717) is 45.8 Å². The largest absolute Gasteiger partial charge is 0.481 e. The average molecular weight is 454 g/mol. The van der Waals surface area contributed by atoms with Crippen LogP contribution in [0.4, 0.5) is 9.18 Å². The Kier molecular flexibility index (Phi) is 6.42. The first-order chi connectivity index (χ1) is 15.4. The maximum atomic E-state index is 14.6. The van der Waals surface area contributed by atoms with Gasteiger partial charge in [-0.25, -0.2) is 9.18 Å². The second-order valence-electron chi connectivity index (χ2n) is 7.65. The normalized spacial score (nSPS) is 12.9. The Morgan fingerprint density at radius 3 is 2.53 bits per heavy atom. The van der Waals surface area contributed by atoms with E-state index >= 15 is 0 Å². The van der Waals surface area contributed by atoms with Crippen molar-refractivity contribution in [1.82, 2.24) is 4.90 Å². The van der Waals surface area contributed by atoms with Gasteiger partial charge < -0.3 is 14.7 Å². The SMILES string of the molecule is O=C(O)Cc1ccc(Cl)c(-c2ccc(F)c3c2CN(C(=O)OCc2ccccc2)CC3)c1. The molecule has 3 aromatic rings. The Balaban J connectivity index is 1.61. The van der Waals surface area contributed by atoms with Crippen LogP contribution >= 0.6 is 11.6 Å². The third-order valence-corrected chi connectivity index (χ3v) is 5.82. The van der Waals surface area contributed by atoms with Gasteiger partial charge >= 0.3 is 12.1 Å². The summed E-state index contributed by atoms with van der Waals surface area (Å²) in [4.78, 5) is 25.3. The van der Waals surface area contributed by atoms with E-state index < -0.39 is 12.1 Å². The summed E-state index contributed by atoms with van der Waals surface area (Å²) in [5, 5.41) is 9.54. The van der Waals surface area contributed by atoms with E-state index in [2.05, 4.69) is 0 Å². The molecule has 0 radical (unpaired) electrons. The number of carbonyl (C=O) groups is 2. The number of carbonyl (C=O) groups excluding carboxylic acids is 1. The van der Waals surface area contributed by atoms with Crippen molar-refractivity contribution in [3.63, 3.8) is 0 Å². The number of carboxylic acids is 1. The number of halogens is 2. The summed E-state index contributed by atoms with van der Waals surface area (Å²) < 4.78 is 20.0. The summed E-state index contributed by atoms with van der Waals surface area (Å²) in [7, 11) is 0. The first kappa shape index (κ1) is 21.8. The minimum atomic E-state index is -0.952. The highest BCUT2D eigenvalue weighted by molar-refractivity contribution is 6.33. The molecule has 164 valence electrons. The van der Waals surface area contributed by atoms with Gasteiger partial charge in [0.1, 0.15) is 12.4 Å². The molecule has 0 unspecified atom stereocenters. The zero-order valence-corrected chi connectivity index (χ0v) is 17.9. The van der Waals surface area contributed by atoms with Gasteiger partial charge in [0.15, 0.2) is 0 Å². The van der Waals surface area contributed by atoms with Crippen molar-refractivity contribution in [2.75, 3.05) is 6.54 Å². The Morgan fingerprint density at radius 2 is 1.78 bits per heavy atom. The second-order valence-corrected chi connectivity index (χ2v) is 8.06. The van der Waals surface area contributed by atoms with Crippen LogP contribution in [0.25, 0.3) is 11.1 Å². The Labute approximate surface area is 190 Å². The number of ether oxygens (including phenoxy) is 1. The molecule has 32 heavy (non-hydrogen) atoms. The number of amides is 1. The standard InChI is InChI=1S/C25H21ClFNO4/c26-22-8-6-17(13-24(29)30)12-20(22)18-7-9-23(27)19-10-11-28(14-21(18)19)25(31)32-15-16-4-2-1-3-5-16/h1-9,12H,10-11,13-15H2,(H,29,30). The monoisotopic (exact) mass is 453 g/mol. The van der Waals surface area contributed by atoms with Crippen LogP contribution < -0.4 is 0 Å². The van der Waals surface area contributed by atoms with E-state index in [4.69, 9.17) is 21.4 Å². The Morgan fingerprint density at radius 1 is 1.00 bits per heavy atom. The first-order valence-electron chi connectivity index (χ1n) is 10.2. The highest BCUT2D eigenvalue weighted by Crippen LogP contribution is 2.36. The molecule has 0 spiro atoms. The molecule has 1 aliphatic rings. The number of rotatable bonds is 5. The number of aliphatic carboxylic acids is 1. The van der Waals surface area contributed by atoms with Gasteiger partial charge in [-0.05, 0) is 52.4 Å². The molecule has 0 aliphatic carbocycles. The van der Waals surface area contributed by atoms with Crippen LogP contribution in [0.3, 0.4) is 0 Å². The van der Waals surface area contributed by atoms with E-state index in [1.165, 1.54) is 6.07 Å². The summed E-state index contributed by atoms with van der Waals surface area (Å²) in [6.07, 6.45) is -0.270. The number of carboxylic acid groups (broad SMARTS) is 1. The van der Waals surface area contributed by atoms with Crippen LogP contribution in [0.1, 0.15) is 22.3 Å². The van der Waals surface area contributed by atoms with Gasteiger partial charge in [-0.1, -0.05) is 54.1 Å². The molecular formula is C25H21ClFNO4. The van der Waals surface area contributed by atoms with Crippen molar-refractivity contribution >= 4 is 23.7 Å². The minimum absolute atomic E-state index is 0.147. The number of hydrogen-bond donors (Lipinski definition) is 1. The maximum absolute atomic E-state index is 14.6. The van der Waals surface area contributed by atoms with Crippen LogP contribution in [-0.4, -0.2) is 28.6 Å². The molecule has 4 rings (SSSR count). The van der Waals surface area contributed by atoms with E-state index in [1.54, 1.807) is 29.2 Å². The third-order valence-electron chi connectivity index (χ3n) is 5.49. The molecule has 0 fully saturated rings. The van der Waals surface area contributed by atoms with E-state index in [-0.39, 0.29) is 25.4 Å². The van der Waals surface area contributed by atoms with Crippen molar-refractivity contribution in [1.29, 1.82) is 0 Å². The molecule has 0 saturated carbocycles. The lowest BCUT2D eigenvalue weighted by Crippen LogP contribution is -2.37. The highest BCUT2D eigenvalue weighted by atomic mass is 35.5. The molecule has 1 N–H and O–H groups in total. The highest BCUT2D eigenvalue weighted by Gasteiger charge is 2.27. The second kappa shape index (κ2) is 9.40. The summed E-state index contributed by atoms with van der Waals surface area (Å²) in [5.74, 6) is -1.29. The summed E-state index contributed by atoms with van der Waals surface area (Å²) >= 11 is 6.42. The van der Waals surface area contributed by atoms with Gasteiger partial charge in [-0.15, -0.1) is 0 Å². The molecule has 3 aromatic carbocycles. The molecule has 0 bridgehead atoms. The molecule has 7 heteroatoms. The van der Waals surface area contributed by atoms with Crippen LogP contribution in [0.5, 0.6) is 0 Å². The quantitative estimate of drug-likeness (QED) is 0.556. The van der Waals surface area contributed by atoms with Crippen LogP contribution in [0.15, 0.2) is 60.7 Å².